The lowest BCUT2D eigenvalue weighted by molar-refractivity contribution is 0.726. The molecule has 2 aliphatic heterocycles. The lowest BCUT2D eigenvalue weighted by atomic mass is 10.4. The predicted octanol–water partition coefficient (Wildman–Crippen LogP) is -1.53. The average Bonchev–Trinajstić information content (AvgIpc) is 2.88. The van der Waals surface area contributed by atoms with Crippen molar-refractivity contribution in [1.29, 1.82) is 0 Å². The van der Waals surface area contributed by atoms with Gasteiger partial charge in [-0.1, -0.05) is 0 Å². The Morgan fingerprint density at radius 2 is 1.47 bits per heavy atom. The number of guanidine groups is 2. The summed E-state index contributed by atoms with van der Waals surface area (Å²) in [5, 5.41) is 12.8. The van der Waals surface area contributed by atoms with Crippen molar-refractivity contribution >= 4 is 11.9 Å². The third-order valence-corrected chi connectivity index (χ3v) is 2.29. The fourth-order valence-corrected chi connectivity index (χ4v) is 1.53. The highest BCUT2D eigenvalue weighted by Crippen LogP contribution is 1.84. The number of nitrogens with zero attached hydrogens (tertiary/aromatic N) is 2. The molecule has 0 aromatic heterocycles. The molecular formula is C9H18N6. The topological polar surface area (TPSA) is 72.8 Å². The molecule has 0 bridgehead atoms. The summed E-state index contributed by atoms with van der Waals surface area (Å²) in [4.78, 5) is 8.50. The Balaban J connectivity index is 1.48. The van der Waals surface area contributed by atoms with Gasteiger partial charge in [0.2, 0.25) is 0 Å². The summed E-state index contributed by atoms with van der Waals surface area (Å²) in [5.74, 6) is 1.87. The third-order valence-electron chi connectivity index (χ3n) is 2.29. The second-order valence-electron chi connectivity index (χ2n) is 3.52. The molecule has 2 rings (SSSR count). The van der Waals surface area contributed by atoms with E-state index < -0.39 is 0 Å². The summed E-state index contributed by atoms with van der Waals surface area (Å²) in [5.41, 5.74) is 0. The Morgan fingerprint density at radius 1 is 0.933 bits per heavy atom. The van der Waals surface area contributed by atoms with Crippen LogP contribution in [0.5, 0.6) is 0 Å². The zero-order valence-corrected chi connectivity index (χ0v) is 8.84. The molecule has 84 valence electrons. The van der Waals surface area contributed by atoms with Crippen LogP contribution in [-0.4, -0.2) is 51.2 Å². The molecule has 0 aromatic carbocycles. The van der Waals surface area contributed by atoms with Gasteiger partial charge in [-0.3, -0.25) is 9.98 Å². The van der Waals surface area contributed by atoms with Crippen LogP contribution in [0, 0.1) is 0 Å². The maximum Gasteiger partial charge on any atom is 0.191 e. The quantitative estimate of drug-likeness (QED) is 0.425. The number of nitrogens with one attached hydrogen (secondary N) is 4. The van der Waals surface area contributed by atoms with Crippen molar-refractivity contribution in [3.05, 3.63) is 0 Å². The molecule has 4 N–H and O–H groups in total. The van der Waals surface area contributed by atoms with Crippen LogP contribution in [0.15, 0.2) is 9.98 Å². The molecule has 0 aromatic rings. The van der Waals surface area contributed by atoms with Gasteiger partial charge in [-0.25, -0.2) is 0 Å². The Morgan fingerprint density at radius 3 is 1.87 bits per heavy atom. The Kier molecular flexibility index (Phi) is 3.64. The van der Waals surface area contributed by atoms with Crippen molar-refractivity contribution in [2.75, 3.05) is 39.3 Å². The summed E-state index contributed by atoms with van der Waals surface area (Å²) >= 11 is 0. The van der Waals surface area contributed by atoms with E-state index in [1.165, 1.54) is 0 Å². The molecule has 2 heterocycles. The number of rotatable bonds is 4. The molecule has 6 heteroatoms. The number of aliphatic imine (C=N–C) groups is 2. The minimum atomic E-state index is 0.890. The van der Waals surface area contributed by atoms with E-state index in [0.717, 1.165) is 57.6 Å². The molecule has 0 spiro atoms. The van der Waals surface area contributed by atoms with Crippen molar-refractivity contribution in [2.24, 2.45) is 9.98 Å². The lowest BCUT2D eigenvalue weighted by Crippen LogP contribution is -2.37. The SMILES string of the molecule is C(CNC1=NCCN1)CNC1=NCCN1. The van der Waals surface area contributed by atoms with Crippen LogP contribution < -0.4 is 21.3 Å². The average molecular weight is 210 g/mol. The fourth-order valence-electron chi connectivity index (χ4n) is 1.53. The van der Waals surface area contributed by atoms with Gasteiger partial charge < -0.3 is 21.3 Å². The normalized spacial score (nSPS) is 18.9. The number of hydrogen-bond acceptors (Lipinski definition) is 6. The van der Waals surface area contributed by atoms with Crippen LogP contribution in [0.1, 0.15) is 6.42 Å². The van der Waals surface area contributed by atoms with Gasteiger partial charge in [0.15, 0.2) is 11.9 Å². The third kappa shape index (κ3) is 3.30. The molecule has 0 aliphatic carbocycles. The first-order valence-corrected chi connectivity index (χ1v) is 5.49. The van der Waals surface area contributed by atoms with E-state index in [4.69, 9.17) is 0 Å². The first kappa shape index (κ1) is 10.1. The zero-order valence-electron chi connectivity index (χ0n) is 8.84. The highest BCUT2D eigenvalue weighted by molar-refractivity contribution is 5.81. The second-order valence-corrected chi connectivity index (χ2v) is 3.52. The highest BCUT2D eigenvalue weighted by atomic mass is 15.2. The molecule has 0 fully saturated rings. The maximum absolute atomic E-state index is 4.25. The minimum Gasteiger partial charge on any atom is -0.356 e. The molecule has 0 amide bonds. The van der Waals surface area contributed by atoms with E-state index in [2.05, 4.69) is 31.3 Å². The van der Waals surface area contributed by atoms with Gasteiger partial charge in [0.05, 0.1) is 13.1 Å². The molecule has 0 atom stereocenters. The highest BCUT2D eigenvalue weighted by Gasteiger charge is 2.04. The van der Waals surface area contributed by atoms with Crippen LogP contribution in [0.2, 0.25) is 0 Å². The summed E-state index contributed by atoms with van der Waals surface area (Å²) in [6, 6.07) is 0. The van der Waals surface area contributed by atoms with Gasteiger partial charge in [0.25, 0.3) is 0 Å². The maximum atomic E-state index is 4.25. The Labute approximate surface area is 89.6 Å². The van der Waals surface area contributed by atoms with Crippen molar-refractivity contribution in [3.8, 4) is 0 Å². The monoisotopic (exact) mass is 210 g/mol. The molecule has 15 heavy (non-hydrogen) atoms. The van der Waals surface area contributed by atoms with E-state index in [1.54, 1.807) is 0 Å². The molecular weight excluding hydrogens is 192 g/mol. The predicted molar refractivity (Wildman–Crippen MR) is 61.2 cm³/mol. The molecule has 6 nitrogen and oxygen atoms in total. The van der Waals surface area contributed by atoms with Gasteiger partial charge in [-0.15, -0.1) is 0 Å². The summed E-state index contributed by atoms with van der Waals surface area (Å²) in [7, 11) is 0. The van der Waals surface area contributed by atoms with Crippen LogP contribution >= 0.6 is 0 Å². The second kappa shape index (κ2) is 5.43. The van der Waals surface area contributed by atoms with Gasteiger partial charge in [-0.2, -0.15) is 0 Å². The smallest absolute Gasteiger partial charge is 0.191 e. The van der Waals surface area contributed by atoms with Gasteiger partial charge >= 0.3 is 0 Å². The Hall–Kier alpha value is -1.46. The van der Waals surface area contributed by atoms with Crippen molar-refractivity contribution in [1.82, 2.24) is 21.3 Å². The van der Waals surface area contributed by atoms with Crippen molar-refractivity contribution in [3.63, 3.8) is 0 Å². The van der Waals surface area contributed by atoms with Crippen molar-refractivity contribution < 1.29 is 0 Å². The minimum absolute atomic E-state index is 0.890. The number of hydrogen-bond donors (Lipinski definition) is 4. The van der Waals surface area contributed by atoms with Crippen LogP contribution in [0.4, 0.5) is 0 Å². The van der Waals surface area contributed by atoms with Gasteiger partial charge in [-0.05, 0) is 6.42 Å². The van der Waals surface area contributed by atoms with Crippen LogP contribution in [0.25, 0.3) is 0 Å². The first-order valence-electron chi connectivity index (χ1n) is 5.49. The zero-order chi connectivity index (χ0) is 10.3. The van der Waals surface area contributed by atoms with Gasteiger partial charge in [0.1, 0.15) is 0 Å². The standard InChI is InChI=1S/C9H18N6/c1(2-10-8-12-4-5-13-8)3-11-9-14-6-7-15-9/h1-7H2,(H2,10,12,13)(H2,11,14,15). The molecule has 0 unspecified atom stereocenters. The fraction of sp³-hybridized carbons (Fsp3) is 0.778. The largest absolute Gasteiger partial charge is 0.356 e. The summed E-state index contributed by atoms with van der Waals surface area (Å²) in [6.45, 7) is 5.57. The van der Waals surface area contributed by atoms with E-state index in [-0.39, 0.29) is 0 Å². The van der Waals surface area contributed by atoms with E-state index >= 15 is 0 Å². The van der Waals surface area contributed by atoms with Crippen LogP contribution in [0.3, 0.4) is 0 Å². The van der Waals surface area contributed by atoms with Crippen LogP contribution in [-0.2, 0) is 0 Å². The van der Waals surface area contributed by atoms with Gasteiger partial charge in [0, 0.05) is 26.2 Å². The molecule has 2 aliphatic rings. The van der Waals surface area contributed by atoms with Crippen molar-refractivity contribution in [2.45, 2.75) is 6.42 Å². The van der Waals surface area contributed by atoms with E-state index in [9.17, 15) is 0 Å². The first-order chi connectivity index (χ1) is 7.45. The molecule has 0 saturated carbocycles. The summed E-state index contributed by atoms with van der Waals surface area (Å²) < 4.78 is 0. The lowest BCUT2D eigenvalue weighted by Gasteiger charge is -2.08. The molecule has 0 saturated heterocycles. The molecule has 0 radical (unpaired) electrons. The summed E-state index contributed by atoms with van der Waals surface area (Å²) in [6.07, 6.45) is 1.06. The van der Waals surface area contributed by atoms with E-state index in [1.807, 2.05) is 0 Å². The Bertz CT molecular complexity index is 233. The van der Waals surface area contributed by atoms with E-state index in [0.29, 0.717) is 0 Å².